The molecule has 2 heterocycles. The van der Waals surface area contributed by atoms with Gasteiger partial charge in [0.1, 0.15) is 5.82 Å². The summed E-state index contributed by atoms with van der Waals surface area (Å²) in [5, 5.41) is 2.84. The van der Waals surface area contributed by atoms with Gasteiger partial charge in [-0.05, 0) is 17.5 Å². The van der Waals surface area contributed by atoms with Gasteiger partial charge >= 0.3 is 0 Å². The highest BCUT2D eigenvalue weighted by Gasteiger charge is 2.16. The summed E-state index contributed by atoms with van der Waals surface area (Å²) in [4.78, 5) is 18.4. The van der Waals surface area contributed by atoms with Crippen molar-refractivity contribution in [1.29, 1.82) is 0 Å². The Hall–Kier alpha value is -1.08. The van der Waals surface area contributed by atoms with Gasteiger partial charge in [-0.3, -0.25) is 4.79 Å². The SMILES string of the molecule is CC(C)C(N)C(=O)NCc1ccc(N2CCOCC2)nc1.Cl.Cl. The number of morpholine rings is 1. The first kappa shape index (κ1) is 21.9. The number of carbonyl (C=O) groups is 1. The quantitative estimate of drug-likeness (QED) is 0.824. The maximum atomic E-state index is 11.8. The molecule has 0 bridgehead atoms. The van der Waals surface area contributed by atoms with Crippen molar-refractivity contribution >= 4 is 36.5 Å². The van der Waals surface area contributed by atoms with E-state index in [9.17, 15) is 4.79 Å². The molecule has 1 aliphatic heterocycles. The predicted molar refractivity (Wildman–Crippen MR) is 96.4 cm³/mol. The highest BCUT2D eigenvalue weighted by Crippen LogP contribution is 2.13. The monoisotopic (exact) mass is 364 g/mol. The first-order valence-electron chi connectivity index (χ1n) is 7.39. The van der Waals surface area contributed by atoms with Gasteiger partial charge in [0.15, 0.2) is 0 Å². The second-order valence-electron chi connectivity index (χ2n) is 5.61. The number of pyridine rings is 1. The van der Waals surface area contributed by atoms with E-state index < -0.39 is 6.04 Å². The van der Waals surface area contributed by atoms with Gasteiger partial charge in [-0.2, -0.15) is 0 Å². The van der Waals surface area contributed by atoms with E-state index in [-0.39, 0.29) is 36.6 Å². The minimum absolute atomic E-state index is 0. The molecule has 3 N–H and O–H groups in total. The van der Waals surface area contributed by atoms with E-state index in [1.165, 1.54) is 0 Å². The molecule has 132 valence electrons. The molecule has 8 heteroatoms. The van der Waals surface area contributed by atoms with Crippen LogP contribution in [0.2, 0.25) is 0 Å². The molecule has 1 unspecified atom stereocenters. The Morgan fingerprint density at radius 3 is 2.52 bits per heavy atom. The highest BCUT2D eigenvalue weighted by atomic mass is 35.5. The van der Waals surface area contributed by atoms with Crippen molar-refractivity contribution in [3.05, 3.63) is 23.9 Å². The van der Waals surface area contributed by atoms with E-state index in [4.69, 9.17) is 10.5 Å². The van der Waals surface area contributed by atoms with Crippen LogP contribution in [0.1, 0.15) is 19.4 Å². The maximum Gasteiger partial charge on any atom is 0.237 e. The van der Waals surface area contributed by atoms with Crippen LogP contribution < -0.4 is 16.0 Å². The van der Waals surface area contributed by atoms with Gasteiger partial charge in [0.05, 0.1) is 19.3 Å². The Bertz CT molecular complexity index is 465. The second-order valence-corrected chi connectivity index (χ2v) is 5.61. The summed E-state index contributed by atoms with van der Waals surface area (Å²) >= 11 is 0. The number of rotatable bonds is 5. The van der Waals surface area contributed by atoms with Crippen molar-refractivity contribution in [1.82, 2.24) is 10.3 Å². The zero-order valence-electron chi connectivity index (χ0n) is 13.5. The van der Waals surface area contributed by atoms with Crippen molar-refractivity contribution in [2.24, 2.45) is 11.7 Å². The molecular weight excluding hydrogens is 339 g/mol. The molecule has 0 aliphatic carbocycles. The molecule has 0 saturated carbocycles. The predicted octanol–water partition coefficient (Wildman–Crippen LogP) is 1.36. The Kier molecular flexibility index (Phi) is 10.1. The molecule has 1 amide bonds. The van der Waals surface area contributed by atoms with Crippen LogP contribution in [0.3, 0.4) is 0 Å². The molecule has 2 rings (SSSR count). The van der Waals surface area contributed by atoms with Gasteiger partial charge < -0.3 is 20.7 Å². The molecule has 1 atom stereocenters. The molecule has 23 heavy (non-hydrogen) atoms. The Morgan fingerprint density at radius 2 is 2.00 bits per heavy atom. The zero-order chi connectivity index (χ0) is 15.2. The van der Waals surface area contributed by atoms with Gasteiger partial charge in [0.2, 0.25) is 5.91 Å². The number of hydrogen-bond acceptors (Lipinski definition) is 5. The summed E-state index contributed by atoms with van der Waals surface area (Å²) in [6, 6.07) is 3.50. The number of hydrogen-bond donors (Lipinski definition) is 2. The molecule has 1 aromatic heterocycles. The van der Waals surface area contributed by atoms with Crippen molar-refractivity contribution in [2.45, 2.75) is 26.4 Å². The number of amides is 1. The summed E-state index contributed by atoms with van der Waals surface area (Å²) in [7, 11) is 0. The number of nitrogens with two attached hydrogens (primary N) is 1. The molecule has 0 radical (unpaired) electrons. The average molecular weight is 365 g/mol. The molecule has 1 saturated heterocycles. The summed E-state index contributed by atoms with van der Waals surface area (Å²) in [5.74, 6) is 0.960. The Labute approximate surface area is 150 Å². The number of halogens is 2. The third-order valence-electron chi connectivity index (χ3n) is 3.63. The second kappa shape index (κ2) is 10.6. The Balaban J connectivity index is 0.00000242. The molecule has 1 fully saturated rings. The summed E-state index contributed by atoms with van der Waals surface area (Å²) in [6.45, 7) is 7.54. The van der Waals surface area contributed by atoms with Crippen LogP contribution in [-0.4, -0.2) is 43.2 Å². The molecule has 1 aromatic rings. The van der Waals surface area contributed by atoms with Gasteiger partial charge in [0, 0.05) is 25.8 Å². The maximum absolute atomic E-state index is 11.8. The van der Waals surface area contributed by atoms with E-state index in [1.807, 2.05) is 26.0 Å². The highest BCUT2D eigenvalue weighted by molar-refractivity contribution is 5.85. The van der Waals surface area contributed by atoms with Crippen LogP contribution in [0.5, 0.6) is 0 Å². The smallest absolute Gasteiger partial charge is 0.237 e. The molecule has 1 aliphatic rings. The van der Waals surface area contributed by atoms with Crippen LogP contribution in [0.15, 0.2) is 18.3 Å². The number of anilines is 1. The van der Waals surface area contributed by atoms with E-state index in [0.29, 0.717) is 6.54 Å². The normalized spacial score (nSPS) is 15.4. The fraction of sp³-hybridized carbons (Fsp3) is 0.600. The first-order valence-corrected chi connectivity index (χ1v) is 7.39. The lowest BCUT2D eigenvalue weighted by molar-refractivity contribution is -0.123. The standard InChI is InChI=1S/C15H24N4O2.2ClH/c1-11(2)14(16)15(20)18-10-12-3-4-13(17-9-12)19-5-7-21-8-6-19;;/h3-4,9,11,14H,5-8,10,16H2,1-2H3,(H,18,20);2*1H. The average Bonchev–Trinajstić information content (AvgIpc) is 2.53. The minimum Gasteiger partial charge on any atom is -0.378 e. The number of aromatic nitrogens is 1. The minimum atomic E-state index is -0.467. The van der Waals surface area contributed by atoms with Crippen LogP contribution in [0.25, 0.3) is 0 Å². The van der Waals surface area contributed by atoms with Crippen molar-refractivity contribution in [2.75, 3.05) is 31.2 Å². The summed E-state index contributed by atoms with van der Waals surface area (Å²) < 4.78 is 5.32. The van der Waals surface area contributed by atoms with E-state index >= 15 is 0 Å². The lowest BCUT2D eigenvalue weighted by atomic mass is 10.1. The van der Waals surface area contributed by atoms with Crippen LogP contribution in [0.4, 0.5) is 5.82 Å². The number of carbonyl (C=O) groups excluding carboxylic acids is 1. The number of ether oxygens (including phenoxy) is 1. The lowest BCUT2D eigenvalue weighted by Crippen LogP contribution is -2.43. The molecule has 0 aromatic carbocycles. The van der Waals surface area contributed by atoms with Crippen molar-refractivity contribution < 1.29 is 9.53 Å². The largest absolute Gasteiger partial charge is 0.378 e. The third kappa shape index (κ3) is 6.51. The third-order valence-corrected chi connectivity index (χ3v) is 3.63. The van der Waals surface area contributed by atoms with E-state index in [1.54, 1.807) is 6.20 Å². The van der Waals surface area contributed by atoms with E-state index in [2.05, 4.69) is 15.2 Å². The fourth-order valence-corrected chi connectivity index (χ4v) is 2.11. The van der Waals surface area contributed by atoms with Crippen LogP contribution in [-0.2, 0) is 16.1 Å². The zero-order valence-corrected chi connectivity index (χ0v) is 15.2. The molecule has 6 nitrogen and oxygen atoms in total. The Morgan fingerprint density at radius 1 is 1.35 bits per heavy atom. The summed E-state index contributed by atoms with van der Waals surface area (Å²) in [5.41, 5.74) is 6.77. The van der Waals surface area contributed by atoms with Gasteiger partial charge in [0.25, 0.3) is 0 Å². The van der Waals surface area contributed by atoms with Crippen molar-refractivity contribution in [3.8, 4) is 0 Å². The van der Waals surface area contributed by atoms with Gasteiger partial charge in [-0.1, -0.05) is 19.9 Å². The van der Waals surface area contributed by atoms with Gasteiger partial charge in [-0.25, -0.2) is 4.98 Å². The van der Waals surface area contributed by atoms with Crippen LogP contribution >= 0.6 is 24.8 Å². The topological polar surface area (TPSA) is 80.5 Å². The molecule has 0 spiro atoms. The van der Waals surface area contributed by atoms with Crippen molar-refractivity contribution in [3.63, 3.8) is 0 Å². The number of nitrogens with one attached hydrogen (secondary N) is 1. The lowest BCUT2D eigenvalue weighted by Gasteiger charge is -2.27. The molecular formula is C15H26Cl2N4O2. The fourth-order valence-electron chi connectivity index (χ4n) is 2.11. The summed E-state index contributed by atoms with van der Waals surface area (Å²) in [6.07, 6.45) is 1.80. The van der Waals surface area contributed by atoms with Gasteiger partial charge in [-0.15, -0.1) is 24.8 Å². The van der Waals surface area contributed by atoms with Crippen LogP contribution in [0, 0.1) is 5.92 Å². The van der Waals surface area contributed by atoms with E-state index in [0.717, 1.165) is 37.7 Å². The first-order chi connectivity index (χ1) is 10.1. The number of nitrogens with zero attached hydrogens (tertiary/aromatic N) is 2.